The summed E-state index contributed by atoms with van der Waals surface area (Å²) in [6.07, 6.45) is -3.22. The van der Waals surface area contributed by atoms with Crippen molar-refractivity contribution < 1.29 is 23.1 Å². The third-order valence-corrected chi connectivity index (χ3v) is 3.64. The summed E-state index contributed by atoms with van der Waals surface area (Å²) in [5.74, 6) is -0.704. The summed E-state index contributed by atoms with van der Waals surface area (Å²) in [6, 6.07) is 9.07. The van der Waals surface area contributed by atoms with Gasteiger partial charge in [-0.15, -0.1) is 0 Å². The van der Waals surface area contributed by atoms with Gasteiger partial charge in [-0.1, -0.05) is 6.07 Å². The molecule has 0 aliphatic carbocycles. The Hall–Kier alpha value is -3.27. The van der Waals surface area contributed by atoms with E-state index in [1.807, 2.05) is 0 Å². The zero-order valence-electron chi connectivity index (χ0n) is 14.0. The lowest BCUT2D eigenvalue weighted by Gasteiger charge is -2.10. The first-order valence-electron chi connectivity index (χ1n) is 7.52. The molecule has 0 radical (unpaired) electrons. The highest BCUT2D eigenvalue weighted by Gasteiger charge is 2.30. The Bertz CT molecular complexity index is 902. The van der Waals surface area contributed by atoms with Gasteiger partial charge in [-0.3, -0.25) is 4.79 Å². The van der Waals surface area contributed by atoms with E-state index in [4.69, 9.17) is 0 Å². The number of nitriles is 1. The maximum absolute atomic E-state index is 12.7. The monoisotopic (exact) mass is 360 g/mol. The predicted octanol–water partition coefficient (Wildman–Crippen LogP) is 4.57. The molecule has 2 aromatic carbocycles. The van der Waals surface area contributed by atoms with Crippen LogP contribution >= 0.6 is 0 Å². The van der Waals surface area contributed by atoms with Gasteiger partial charge < -0.3 is 10.4 Å². The second-order valence-electron chi connectivity index (χ2n) is 5.71. The third kappa shape index (κ3) is 4.42. The van der Waals surface area contributed by atoms with Crippen molar-refractivity contribution in [2.24, 2.45) is 0 Å². The molecule has 0 fully saturated rings. The molecular weight excluding hydrogens is 345 g/mol. The highest BCUT2D eigenvalue weighted by atomic mass is 19.4. The van der Waals surface area contributed by atoms with E-state index in [9.17, 15) is 28.3 Å². The number of phenolic OH excluding ortho intramolecular Hbond substituents is 1. The average molecular weight is 360 g/mol. The maximum Gasteiger partial charge on any atom is 0.416 e. The Morgan fingerprint density at radius 1 is 1.19 bits per heavy atom. The number of nitrogens with one attached hydrogen (secondary N) is 1. The SMILES string of the molecule is Cc1cc(/C=C(\C#N)C(=O)Nc2cccc(C(F)(F)F)c2)cc(C)c1O. The van der Waals surface area contributed by atoms with Crippen molar-refractivity contribution in [2.45, 2.75) is 20.0 Å². The molecule has 7 heteroatoms. The van der Waals surface area contributed by atoms with Crippen molar-refractivity contribution >= 4 is 17.7 Å². The number of nitrogens with zero attached hydrogens (tertiary/aromatic N) is 1. The summed E-state index contributed by atoms with van der Waals surface area (Å²) >= 11 is 0. The second-order valence-corrected chi connectivity index (χ2v) is 5.71. The predicted molar refractivity (Wildman–Crippen MR) is 91.2 cm³/mol. The molecule has 0 aliphatic rings. The Labute approximate surface area is 148 Å². The second kappa shape index (κ2) is 7.31. The molecule has 4 nitrogen and oxygen atoms in total. The van der Waals surface area contributed by atoms with Crippen LogP contribution in [0.2, 0.25) is 0 Å². The Morgan fingerprint density at radius 3 is 2.35 bits per heavy atom. The molecule has 0 atom stereocenters. The van der Waals surface area contributed by atoms with E-state index < -0.39 is 17.6 Å². The lowest BCUT2D eigenvalue weighted by Crippen LogP contribution is -2.14. The van der Waals surface area contributed by atoms with Gasteiger partial charge in [0.15, 0.2) is 0 Å². The van der Waals surface area contributed by atoms with Crippen molar-refractivity contribution in [1.29, 1.82) is 5.26 Å². The fourth-order valence-corrected chi connectivity index (χ4v) is 2.36. The lowest BCUT2D eigenvalue weighted by molar-refractivity contribution is -0.137. The van der Waals surface area contributed by atoms with E-state index in [1.54, 1.807) is 32.0 Å². The van der Waals surface area contributed by atoms with Gasteiger partial charge >= 0.3 is 6.18 Å². The van der Waals surface area contributed by atoms with Gasteiger partial charge in [0.1, 0.15) is 17.4 Å². The van der Waals surface area contributed by atoms with Crippen LogP contribution in [0.3, 0.4) is 0 Å². The normalized spacial score (nSPS) is 11.8. The van der Waals surface area contributed by atoms with Crippen LogP contribution in [0.25, 0.3) is 6.08 Å². The topological polar surface area (TPSA) is 73.1 Å². The van der Waals surface area contributed by atoms with Crippen molar-refractivity contribution in [3.8, 4) is 11.8 Å². The first-order chi connectivity index (χ1) is 12.1. The molecule has 0 unspecified atom stereocenters. The highest BCUT2D eigenvalue weighted by molar-refractivity contribution is 6.09. The molecule has 2 N–H and O–H groups in total. The van der Waals surface area contributed by atoms with Crippen LogP contribution in [0.5, 0.6) is 5.75 Å². The Balaban J connectivity index is 2.29. The minimum absolute atomic E-state index is 0.0657. The number of alkyl halides is 3. The van der Waals surface area contributed by atoms with Crippen molar-refractivity contribution in [3.63, 3.8) is 0 Å². The minimum atomic E-state index is -4.53. The van der Waals surface area contributed by atoms with Crippen molar-refractivity contribution in [2.75, 3.05) is 5.32 Å². The van der Waals surface area contributed by atoms with Crippen LogP contribution in [0.4, 0.5) is 18.9 Å². The largest absolute Gasteiger partial charge is 0.507 e. The number of benzene rings is 2. The van der Waals surface area contributed by atoms with Gasteiger partial charge in [0.25, 0.3) is 5.91 Å². The van der Waals surface area contributed by atoms with E-state index in [2.05, 4.69) is 5.32 Å². The highest BCUT2D eigenvalue weighted by Crippen LogP contribution is 2.30. The molecule has 0 aromatic heterocycles. The summed E-state index contributed by atoms with van der Waals surface area (Å²) in [5, 5.41) is 21.3. The quantitative estimate of drug-likeness (QED) is 0.622. The fraction of sp³-hybridized carbons (Fsp3) is 0.158. The van der Waals surface area contributed by atoms with Crippen LogP contribution < -0.4 is 5.32 Å². The number of hydrogen-bond acceptors (Lipinski definition) is 3. The molecule has 134 valence electrons. The first kappa shape index (κ1) is 19.1. The first-order valence-corrected chi connectivity index (χ1v) is 7.52. The van der Waals surface area contributed by atoms with Gasteiger partial charge in [-0.25, -0.2) is 0 Å². The van der Waals surface area contributed by atoms with Crippen LogP contribution in [0.15, 0.2) is 42.0 Å². The van der Waals surface area contributed by atoms with Crippen molar-refractivity contribution in [1.82, 2.24) is 0 Å². The summed E-state index contributed by atoms with van der Waals surface area (Å²) < 4.78 is 38.2. The fourth-order valence-electron chi connectivity index (χ4n) is 2.36. The van der Waals surface area contributed by atoms with Crippen LogP contribution in [-0.4, -0.2) is 11.0 Å². The molecule has 0 bridgehead atoms. The molecule has 0 saturated carbocycles. The van der Waals surface area contributed by atoms with E-state index in [0.29, 0.717) is 16.7 Å². The smallest absolute Gasteiger partial charge is 0.416 e. The Kier molecular flexibility index (Phi) is 5.36. The summed E-state index contributed by atoms with van der Waals surface area (Å²) in [5.41, 5.74) is 0.436. The molecule has 2 rings (SSSR count). The minimum Gasteiger partial charge on any atom is -0.507 e. The Morgan fingerprint density at radius 2 is 1.81 bits per heavy atom. The van der Waals surface area contributed by atoms with E-state index in [-0.39, 0.29) is 17.0 Å². The van der Waals surface area contributed by atoms with Gasteiger partial charge in [-0.2, -0.15) is 18.4 Å². The molecule has 1 amide bonds. The summed E-state index contributed by atoms with van der Waals surface area (Å²) in [6.45, 7) is 3.35. The number of aromatic hydroxyl groups is 1. The number of phenols is 1. The zero-order valence-corrected chi connectivity index (χ0v) is 14.0. The van der Waals surface area contributed by atoms with Crippen molar-refractivity contribution in [3.05, 3.63) is 64.2 Å². The standard InChI is InChI=1S/C19H15F3N2O2/c1-11-6-13(7-12(2)17(11)25)8-14(10-23)18(26)24-16-5-3-4-15(9-16)19(20,21)22/h3-9,25H,1-2H3,(H,24,26)/b14-8+. The lowest BCUT2D eigenvalue weighted by atomic mass is 10.0. The van der Waals surface area contributed by atoms with Crippen LogP contribution in [-0.2, 0) is 11.0 Å². The number of carbonyl (C=O) groups excluding carboxylic acids is 1. The number of aryl methyl sites for hydroxylation is 2. The molecule has 0 aliphatic heterocycles. The van der Waals surface area contributed by atoms with Crippen LogP contribution in [0, 0.1) is 25.2 Å². The van der Waals surface area contributed by atoms with Gasteiger partial charge in [0, 0.05) is 5.69 Å². The molecule has 0 spiro atoms. The number of amides is 1. The maximum atomic E-state index is 12.7. The van der Waals surface area contributed by atoms with Crippen LogP contribution in [0.1, 0.15) is 22.3 Å². The summed E-state index contributed by atoms with van der Waals surface area (Å²) in [7, 11) is 0. The number of hydrogen-bond donors (Lipinski definition) is 2. The van der Waals surface area contributed by atoms with Gasteiger partial charge in [0.2, 0.25) is 0 Å². The molecule has 0 saturated heterocycles. The number of anilines is 1. The number of carbonyl (C=O) groups is 1. The molecular formula is C19H15F3N2O2. The third-order valence-electron chi connectivity index (χ3n) is 3.64. The average Bonchev–Trinajstić information content (AvgIpc) is 2.56. The molecule has 26 heavy (non-hydrogen) atoms. The number of halogens is 3. The number of rotatable bonds is 3. The van der Waals surface area contributed by atoms with Gasteiger partial charge in [-0.05, 0) is 66.9 Å². The molecule has 0 heterocycles. The zero-order chi connectivity index (χ0) is 19.5. The molecule has 2 aromatic rings. The van der Waals surface area contributed by atoms with E-state index in [0.717, 1.165) is 12.1 Å². The summed E-state index contributed by atoms with van der Waals surface area (Å²) in [4.78, 5) is 12.2. The van der Waals surface area contributed by atoms with E-state index >= 15 is 0 Å². The van der Waals surface area contributed by atoms with Gasteiger partial charge in [0.05, 0.1) is 5.56 Å². The van der Waals surface area contributed by atoms with E-state index in [1.165, 1.54) is 18.2 Å².